The summed E-state index contributed by atoms with van der Waals surface area (Å²) in [7, 11) is 0. The summed E-state index contributed by atoms with van der Waals surface area (Å²) in [4.78, 5) is 23.6. The second-order valence-electron chi connectivity index (χ2n) is 5.85. The standard InChI is InChI=1S/C17H20FN3O3/c1-10(2)11(3)19-16(22)9-24-17(23)15-8-14(20-21-15)12-4-6-13(18)7-5-12/h4-8,10-11H,9H2,1-3H3,(H,19,22)(H,20,21)/t11-/m0/s1. The Hall–Kier alpha value is -2.70. The molecule has 0 spiro atoms. The third-order valence-corrected chi connectivity index (χ3v) is 3.66. The van der Waals surface area contributed by atoms with Crippen LogP contribution in [-0.2, 0) is 9.53 Å². The van der Waals surface area contributed by atoms with Crippen LogP contribution in [0.1, 0.15) is 31.3 Å². The largest absolute Gasteiger partial charge is 0.451 e. The zero-order chi connectivity index (χ0) is 17.7. The van der Waals surface area contributed by atoms with Gasteiger partial charge in [0.25, 0.3) is 5.91 Å². The predicted octanol–water partition coefficient (Wildman–Crippen LogP) is 2.53. The number of aromatic nitrogens is 2. The van der Waals surface area contributed by atoms with E-state index in [4.69, 9.17) is 4.74 Å². The third-order valence-electron chi connectivity index (χ3n) is 3.66. The Morgan fingerprint density at radius 1 is 1.25 bits per heavy atom. The molecular formula is C17H20FN3O3. The van der Waals surface area contributed by atoms with Gasteiger partial charge in [0.05, 0.1) is 5.69 Å². The van der Waals surface area contributed by atoms with Crippen molar-refractivity contribution in [3.63, 3.8) is 0 Å². The zero-order valence-corrected chi connectivity index (χ0v) is 13.8. The number of aromatic amines is 1. The highest BCUT2D eigenvalue weighted by atomic mass is 19.1. The van der Waals surface area contributed by atoms with Gasteiger partial charge in [0, 0.05) is 11.6 Å². The number of nitrogens with one attached hydrogen (secondary N) is 2. The van der Waals surface area contributed by atoms with Crippen molar-refractivity contribution in [2.45, 2.75) is 26.8 Å². The van der Waals surface area contributed by atoms with Crippen molar-refractivity contribution in [3.05, 3.63) is 41.8 Å². The van der Waals surface area contributed by atoms with Crippen LogP contribution in [0.5, 0.6) is 0 Å². The monoisotopic (exact) mass is 333 g/mol. The van der Waals surface area contributed by atoms with Crippen LogP contribution in [0.2, 0.25) is 0 Å². The number of halogens is 1. The lowest BCUT2D eigenvalue weighted by Crippen LogP contribution is -2.38. The Morgan fingerprint density at radius 3 is 2.54 bits per heavy atom. The number of esters is 1. The Bertz CT molecular complexity index is 710. The molecule has 0 bridgehead atoms. The maximum Gasteiger partial charge on any atom is 0.356 e. The minimum absolute atomic E-state index is 0.00608. The van der Waals surface area contributed by atoms with Gasteiger partial charge in [0.15, 0.2) is 6.61 Å². The fourth-order valence-corrected chi connectivity index (χ4v) is 1.87. The molecule has 0 saturated carbocycles. The van der Waals surface area contributed by atoms with Crippen LogP contribution in [0, 0.1) is 11.7 Å². The van der Waals surface area contributed by atoms with Crippen LogP contribution in [-0.4, -0.2) is 34.7 Å². The second-order valence-corrected chi connectivity index (χ2v) is 5.85. The van der Waals surface area contributed by atoms with Crippen molar-refractivity contribution in [2.24, 2.45) is 5.92 Å². The molecular weight excluding hydrogens is 313 g/mol. The number of benzene rings is 1. The molecule has 0 aliphatic carbocycles. The molecule has 1 atom stereocenters. The van der Waals surface area contributed by atoms with Crippen LogP contribution < -0.4 is 5.32 Å². The molecule has 0 aliphatic heterocycles. The summed E-state index contributed by atoms with van der Waals surface area (Å²) in [5.74, 6) is -1.10. The number of hydrogen-bond donors (Lipinski definition) is 2. The van der Waals surface area contributed by atoms with Crippen LogP contribution in [0.25, 0.3) is 11.3 Å². The van der Waals surface area contributed by atoms with E-state index in [-0.39, 0.29) is 36.0 Å². The minimum Gasteiger partial charge on any atom is -0.451 e. The molecule has 128 valence electrons. The minimum atomic E-state index is -0.678. The van der Waals surface area contributed by atoms with Gasteiger partial charge in [0.2, 0.25) is 0 Å². The van der Waals surface area contributed by atoms with E-state index in [0.29, 0.717) is 11.3 Å². The summed E-state index contributed by atoms with van der Waals surface area (Å²) < 4.78 is 17.9. The predicted molar refractivity (Wildman–Crippen MR) is 86.7 cm³/mol. The van der Waals surface area contributed by atoms with Gasteiger partial charge in [-0.1, -0.05) is 13.8 Å². The van der Waals surface area contributed by atoms with Crippen molar-refractivity contribution in [2.75, 3.05) is 6.61 Å². The van der Waals surface area contributed by atoms with Crippen LogP contribution >= 0.6 is 0 Å². The van der Waals surface area contributed by atoms with Crippen molar-refractivity contribution in [3.8, 4) is 11.3 Å². The molecule has 1 aromatic heterocycles. The molecule has 1 heterocycles. The number of hydrogen-bond acceptors (Lipinski definition) is 4. The highest BCUT2D eigenvalue weighted by Gasteiger charge is 2.16. The normalized spacial score (nSPS) is 12.0. The molecule has 24 heavy (non-hydrogen) atoms. The van der Waals surface area contributed by atoms with Crippen molar-refractivity contribution >= 4 is 11.9 Å². The average Bonchev–Trinajstić information content (AvgIpc) is 3.03. The van der Waals surface area contributed by atoms with E-state index < -0.39 is 5.97 Å². The maximum absolute atomic E-state index is 12.9. The quantitative estimate of drug-likeness (QED) is 0.796. The van der Waals surface area contributed by atoms with Crippen molar-refractivity contribution in [1.82, 2.24) is 15.5 Å². The first-order valence-electron chi connectivity index (χ1n) is 7.64. The number of amides is 1. The fourth-order valence-electron chi connectivity index (χ4n) is 1.87. The molecule has 2 N–H and O–H groups in total. The lowest BCUT2D eigenvalue weighted by molar-refractivity contribution is -0.125. The molecule has 1 aromatic carbocycles. The Labute approximate surface area is 139 Å². The zero-order valence-electron chi connectivity index (χ0n) is 13.8. The summed E-state index contributed by atoms with van der Waals surface area (Å²) >= 11 is 0. The first-order chi connectivity index (χ1) is 11.4. The third kappa shape index (κ3) is 4.65. The van der Waals surface area contributed by atoms with Gasteiger partial charge in [-0.3, -0.25) is 9.89 Å². The number of ether oxygens (including phenoxy) is 1. The first kappa shape index (κ1) is 17.7. The Kier molecular flexibility index (Phi) is 5.68. The second kappa shape index (κ2) is 7.72. The van der Waals surface area contributed by atoms with E-state index in [2.05, 4.69) is 15.5 Å². The molecule has 0 fully saturated rings. The van der Waals surface area contributed by atoms with Gasteiger partial charge >= 0.3 is 5.97 Å². The number of nitrogens with zero attached hydrogens (tertiary/aromatic N) is 1. The van der Waals surface area contributed by atoms with Gasteiger partial charge in [-0.05, 0) is 43.2 Å². The molecule has 1 amide bonds. The first-order valence-corrected chi connectivity index (χ1v) is 7.64. The molecule has 0 aliphatic rings. The topological polar surface area (TPSA) is 84.1 Å². The molecule has 6 nitrogen and oxygen atoms in total. The van der Waals surface area contributed by atoms with Crippen molar-refractivity contribution < 1.29 is 18.7 Å². The highest BCUT2D eigenvalue weighted by molar-refractivity contribution is 5.90. The van der Waals surface area contributed by atoms with Crippen LogP contribution in [0.3, 0.4) is 0 Å². The SMILES string of the molecule is CC(C)[C@H](C)NC(=O)COC(=O)c1cc(-c2ccc(F)cc2)n[nH]1. The Balaban J connectivity index is 1.92. The van der Waals surface area contributed by atoms with E-state index in [1.165, 1.54) is 18.2 Å². The van der Waals surface area contributed by atoms with E-state index in [1.54, 1.807) is 12.1 Å². The van der Waals surface area contributed by atoms with Crippen molar-refractivity contribution in [1.29, 1.82) is 0 Å². The summed E-state index contributed by atoms with van der Waals surface area (Å²) in [5.41, 5.74) is 1.27. The molecule has 0 radical (unpaired) electrons. The van der Waals surface area contributed by atoms with E-state index in [0.717, 1.165) is 0 Å². The van der Waals surface area contributed by atoms with Gasteiger partial charge < -0.3 is 10.1 Å². The highest BCUT2D eigenvalue weighted by Crippen LogP contribution is 2.18. The molecule has 7 heteroatoms. The number of carbonyl (C=O) groups excluding carboxylic acids is 2. The van der Waals surface area contributed by atoms with Gasteiger partial charge in [-0.25, -0.2) is 9.18 Å². The van der Waals surface area contributed by atoms with Crippen LogP contribution in [0.15, 0.2) is 30.3 Å². The maximum atomic E-state index is 12.9. The smallest absolute Gasteiger partial charge is 0.356 e. The van der Waals surface area contributed by atoms with E-state index in [9.17, 15) is 14.0 Å². The lowest BCUT2D eigenvalue weighted by atomic mass is 10.1. The summed E-state index contributed by atoms with van der Waals surface area (Å²) in [6.07, 6.45) is 0. The number of carbonyl (C=O) groups is 2. The number of H-pyrrole nitrogens is 1. The van der Waals surface area contributed by atoms with Gasteiger partial charge in [0.1, 0.15) is 11.5 Å². The average molecular weight is 333 g/mol. The summed E-state index contributed by atoms with van der Waals surface area (Å²) in [6, 6.07) is 7.21. The lowest BCUT2D eigenvalue weighted by Gasteiger charge is -2.17. The van der Waals surface area contributed by atoms with E-state index in [1.807, 2.05) is 20.8 Å². The van der Waals surface area contributed by atoms with Gasteiger partial charge in [-0.15, -0.1) is 0 Å². The molecule has 0 unspecified atom stereocenters. The van der Waals surface area contributed by atoms with Gasteiger partial charge in [-0.2, -0.15) is 5.10 Å². The summed E-state index contributed by atoms with van der Waals surface area (Å²) in [5, 5.41) is 9.28. The van der Waals surface area contributed by atoms with E-state index >= 15 is 0 Å². The molecule has 2 aromatic rings. The van der Waals surface area contributed by atoms with Crippen LogP contribution in [0.4, 0.5) is 4.39 Å². The fraction of sp³-hybridized carbons (Fsp3) is 0.353. The summed E-state index contributed by atoms with van der Waals surface area (Å²) in [6.45, 7) is 5.49. The number of rotatable bonds is 6. The molecule has 2 rings (SSSR count). The molecule has 0 saturated heterocycles. The Morgan fingerprint density at radius 2 is 1.92 bits per heavy atom.